The Morgan fingerprint density at radius 3 is 2.25 bits per heavy atom. The van der Waals surface area contributed by atoms with Crippen molar-refractivity contribution in [1.29, 1.82) is 0 Å². The summed E-state index contributed by atoms with van der Waals surface area (Å²) in [5.41, 5.74) is 1.98. The molecule has 0 saturated carbocycles. The number of carbonyl (C=O) groups is 2. The molecule has 0 unspecified atom stereocenters. The van der Waals surface area contributed by atoms with Gasteiger partial charge in [0.1, 0.15) is 0 Å². The fraction of sp³-hybridized carbons (Fsp3) is 0.176. The number of benzene rings is 2. The van der Waals surface area contributed by atoms with E-state index in [9.17, 15) is 9.59 Å². The van der Waals surface area contributed by atoms with Gasteiger partial charge in [-0.2, -0.15) is 0 Å². The van der Waals surface area contributed by atoms with Crippen LogP contribution in [0, 0.1) is 0 Å². The molecule has 0 spiro atoms. The van der Waals surface area contributed by atoms with Gasteiger partial charge in [-0.25, -0.2) is 0 Å². The summed E-state index contributed by atoms with van der Waals surface area (Å²) in [5, 5.41) is 9.29. The van der Waals surface area contributed by atoms with Crippen LogP contribution < -0.4 is 16.0 Å². The second kappa shape index (κ2) is 8.57. The Labute approximate surface area is 150 Å². The van der Waals surface area contributed by atoms with Crippen LogP contribution in [0.3, 0.4) is 0 Å². The zero-order valence-electron chi connectivity index (χ0n) is 13.0. The minimum absolute atomic E-state index is 0.0653. The number of hydrogen-bond acceptors (Lipinski definition) is 3. The third-order valence-corrected chi connectivity index (χ3v) is 3.86. The highest BCUT2D eigenvalue weighted by Gasteiger charge is 2.05. The van der Waals surface area contributed by atoms with E-state index in [1.54, 1.807) is 43.3 Å². The number of rotatable bonds is 6. The molecular formula is C17H17Cl2N3O2. The van der Waals surface area contributed by atoms with Crippen LogP contribution in [0.5, 0.6) is 0 Å². The lowest BCUT2D eigenvalue weighted by Gasteiger charge is -2.10. The predicted octanol–water partition coefficient (Wildman–Crippen LogP) is 4.39. The summed E-state index contributed by atoms with van der Waals surface area (Å²) in [4.78, 5) is 23.4. The van der Waals surface area contributed by atoms with Gasteiger partial charge in [-0.05, 0) is 36.4 Å². The lowest BCUT2D eigenvalue weighted by atomic mass is 10.2. The van der Waals surface area contributed by atoms with E-state index in [4.69, 9.17) is 23.2 Å². The summed E-state index contributed by atoms with van der Waals surface area (Å²) >= 11 is 11.7. The molecular weight excluding hydrogens is 349 g/mol. The van der Waals surface area contributed by atoms with Crippen LogP contribution in [-0.4, -0.2) is 18.4 Å². The van der Waals surface area contributed by atoms with Gasteiger partial charge in [-0.3, -0.25) is 9.59 Å². The average molecular weight is 366 g/mol. The smallest absolute Gasteiger partial charge is 0.243 e. The molecule has 2 aromatic carbocycles. The Morgan fingerprint density at radius 2 is 1.54 bits per heavy atom. The molecule has 0 aromatic heterocycles. The maximum atomic E-state index is 12.0. The van der Waals surface area contributed by atoms with Crippen LogP contribution in [0.2, 0.25) is 10.0 Å². The van der Waals surface area contributed by atoms with Crippen molar-refractivity contribution in [2.45, 2.75) is 13.3 Å². The molecule has 24 heavy (non-hydrogen) atoms. The van der Waals surface area contributed by atoms with Gasteiger partial charge in [0.15, 0.2) is 0 Å². The molecule has 0 radical (unpaired) electrons. The van der Waals surface area contributed by atoms with E-state index in [1.165, 1.54) is 0 Å². The highest BCUT2D eigenvalue weighted by atomic mass is 35.5. The second-order valence-corrected chi connectivity index (χ2v) is 5.83. The fourth-order valence-electron chi connectivity index (χ4n) is 1.92. The van der Waals surface area contributed by atoms with E-state index < -0.39 is 0 Å². The summed E-state index contributed by atoms with van der Waals surface area (Å²) in [6, 6.07) is 12.0. The molecule has 0 saturated heterocycles. The summed E-state index contributed by atoms with van der Waals surface area (Å²) in [5.74, 6) is -0.291. The quantitative estimate of drug-likeness (QED) is 0.710. The number of hydrogen-bond donors (Lipinski definition) is 3. The molecule has 0 aliphatic rings. The topological polar surface area (TPSA) is 70.2 Å². The van der Waals surface area contributed by atoms with Crippen LogP contribution in [0.1, 0.15) is 13.3 Å². The monoisotopic (exact) mass is 365 g/mol. The molecule has 126 valence electrons. The number of carbonyl (C=O) groups excluding carboxylic acids is 2. The van der Waals surface area contributed by atoms with E-state index >= 15 is 0 Å². The number of anilines is 3. The molecule has 0 aliphatic heterocycles. The molecule has 7 heteroatoms. The predicted molar refractivity (Wildman–Crippen MR) is 98.9 cm³/mol. The third kappa shape index (κ3) is 5.44. The van der Waals surface area contributed by atoms with Gasteiger partial charge in [0.25, 0.3) is 0 Å². The Kier molecular flexibility index (Phi) is 6.46. The van der Waals surface area contributed by atoms with Crippen LogP contribution in [0.4, 0.5) is 17.1 Å². The molecule has 2 amide bonds. The summed E-state index contributed by atoms with van der Waals surface area (Å²) in [6.45, 7) is 1.86. The molecule has 0 bridgehead atoms. The molecule has 3 N–H and O–H groups in total. The van der Waals surface area contributed by atoms with E-state index in [0.29, 0.717) is 27.8 Å². The lowest BCUT2D eigenvalue weighted by Crippen LogP contribution is -2.21. The second-order valence-electron chi connectivity index (χ2n) is 5.01. The van der Waals surface area contributed by atoms with Crippen LogP contribution >= 0.6 is 23.2 Å². The Balaban J connectivity index is 1.90. The molecule has 0 fully saturated rings. The zero-order valence-corrected chi connectivity index (χ0v) is 14.5. The van der Waals surface area contributed by atoms with Gasteiger partial charge in [-0.1, -0.05) is 36.2 Å². The minimum Gasteiger partial charge on any atom is -0.376 e. The van der Waals surface area contributed by atoms with Crippen molar-refractivity contribution in [1.82, 2.24) is 0 Å². The maximum Gasteiger partial charge on any atom is 0.243 e. The largest absolute Gasteiger partial charge is 0.376 e. The first kappa shape index (κ1) is 18.1. The van der Waals surface area contributed by atoms with Crippen molar-refractivity contribution in [2.75, 3.05) is 22.5 Å². The third-order valence-electron chi connectivity index (χ3n) is 3.12. The van der Waals surface area contributed by atoms with E-state index in [0.717, 1.165) is 5.69 Å². The zero-order chi connectivity index (χ0) is 17.5. The Morgan fingerprint density at radius 1 is 0.875 bits per heavy atom. The van der Waals surface area contributed by atoms with Crippen molar-refractivity contribution in [2.24, 2.45) is 0 Å². The van der Waals surface area contributed by atoms with Gasteiger partial charge < -0.3 is 16.0 Å². The van der Waals surface area contributed by atoms with Crippen LogP contribution in [-0.2, 0) is 9.59 Å². The highest BCUT2D eigenvalue weighted by molar-refractivity contribution is 6.42. The minimum atomic E-state index is -0.226. The normalized spacial score (nSPS) is 10.1. The van der Waals surface area contributed by atoms with Crippen molar-refractivity contribution in [3.8, 4) is 0 Å². The van der Waals surface area contributed by atoms with Crippen molar-refractivity contribution in [3.63, 3.8) is 0 Å². The average Bonchev–Trinajstić information content (AvgIpc) is 2.56. The Bertz CT molecular complexity index is 750. The van der Waals surface area contributed by atoms with Crippen molar-refractivity contribution < 1.29 is 9.59 Å². The number of nitrogens with one attached hydrogen (secondary N) is 3. The first-order chi connectivity index (χ1) is 11.5. The number of halogens is 2. The molecule has 5 nitrogen and oxygen atoms in total. The van der Waals surface area contributed by atoms with Crippen LogP contribution in [0.25, 0.3) is 0 Å². The Hall–Kier alpha value is -2.24. The first-order valence-corrected chi connectivity index (χ1v) is 8.12. The number of amides is 2. The SMILES string of the molecule is CCC(=O)Nc1cccc(NCC(=O)Nc2ccc(Cl)c(Cl)c2)c1. The van der Waals surface area contributed by atoms with E-state index in [2.05, 4.69) is 16.0 Å². The maximum absolute atomic E-state index is 12.0. The summed E-state index contributed by atoms with van der Waals surface area (Å²) in [7, 11) is 0. The van der Waals surface area contributed by atoms with Crippen molar-refractivity contribution >= 4 is 52.1 Å². The van der Waals surface area contributed by atoms with Gasteiger partial charge in [0.05, 0.1) is 16.6 Å². The molecule has 2 rings (SSSR count). The van der Waals surface area contributed by atoms with E-state index in [1.807, 2.05) is 6.07 Å². The first-order valence-electron chi connectivity index (χ1n) is 7.36. The van der Waals surface area contributed by atoms with Gasteiger partial charge in [0, 0.05) is 23.5 Å². The molecule has 0 heterocycles. The van der Waals surface area contributed by atoms with Gasteiger partial charge >= 0.3 is 0 Å². The summed E-state index contributed by atoms with van der Waals surface area (Å²) < 4.78 is 0. The van der Waals surface area contributed by atoms with E-state index in [-0.39, 0.29) is 18.4 Å². The molecule has 0 atom stereocenters. The lowest BCUT2D eigenvalue weighted by molar-refractivity contribution is -0.116. The standard InChI is InChI=1S/C17H17Cl2N3O2/c1-2-16(23)21-12-5-3-4-11(8-12)20-10-17(24)22-13-6-7-14(18)15(19)9-13/h3-9,20H,2,10H2,1H3,(H,21,23)(H,22,24). The summed E-state index contributed by atoms with van der Waals surface area (Å²) in [6.07, 6.45) is 0.406. The fourth-order valence-corrected chi connectivity index (χ4v) is 2.22. The van der Waals surface area contributed by atoms with Crippen molar-refractivity contribution in [3.05, 3.63) is 52.5 Å². The molecule has 2 aromatic rings. The van der Waals surface area contributed by atoms with Gasteiger partial charge in [-0.15, -0.1) is 0 Å². The highest BCUT2D eigenvalue weighted by Crippen LogP contribution is 2.25. The molecule has 0 aliphatic carbocycles. The van der Waals surface area contributed by atoms with Gasteiger partial charge in [0.2, 0.25) is 11.8 Å². The van der Waals surface area contributed by atoms with Crippen LogP contribution in [0.15, 0.2) is 42.5 Å².